The van der Waals surface area contributed by atoms with Gasteiger partial charge in [-0.05, 0) is 37.3 Å². The summed E-state index contributed by atoms with van der Waals surface area (Å²) >= 11 is 0. The lowest BCUT2D eigenvalue weighted by molar-refractivity contribution is -0.0654. The van der Waals surface area contributed by atoms with E-state index < -0.39 is 0 Å². The van der Waals surface area contributed by atoms with E-state index in [1.807, 2.05) is 0 Å². The maximum absolute atomic E-state index is 6.02. The molecule has 0 aliphatic carbocycles. The minimum Gasteiger partial charge on any atom is -0.353 e. The van der Waals surface area contributed by atoms with Crippen molar-refractivity contribution < 1.29 is 4.74 Å². The Morgan fingerprint density at radius 1 is 1.22 bits per heavy atom. The van der Waals surface area contributed by atoms with E-state index in [1.165, 1.54) is 16.8 Å². The summed E-state index contributed by atoms with van der Waals surface area (Å²) in [5, 5.41) is 0. The van der Waals surface area contributed by atoms with E-state index in [0.717, 1.165) is 25.9 Å². The van der Waals surface area contributed by atoms with Crippen LogP contribution in [0.3, 0.4) is 0 Å². The SMILES string of the molecule is Cc1ccccc1C1=NC2(CCCO2)C(C)(C)C1. The highest BCUT2D eigenvalue weighted by Gasteiger charge is 2.53. The second-order valence-corrected chi connectivity index (χ2v) is 6.17. The molecule has 2 heteroatoms. The zero-order chi connectivity index (χ0) is 12.8. The molecular weight excluding hydrogens is 222 g/mol. The zero-order valence-corrected chi connectivity index (χ0v) is 11.5. The van der Waals surface area contributed by atoms with Crippen LogP contribution in [0.1, 0.15) is 44.2 Å². The molecule has 2 nitrogen and oxygen atoms in total. The molecule has 2 heterocycles. The molecule has 1 saturated heterocycles. The molecule has 1 unspecified atom stereocenters. The van der Waals surface area contributed by atoms with Gasteiger partial charge in [-0.1, -0.05) is 38.1 Å². The average Bonchev–Trinajstić information content (AvgIpc) is 2.87. The van der Waals surface area contributed by atoms with Gasteiger partial charge in [0.1, 0.15) is 0 Å². The molecular formula is C16H21NO. The van der Waals surface area contributed by atoms with Gasteiger partial charge < -0.3 is 4.74 Å². The number of rotatable bonds is 1. The number of benzene rings is 1. The quantitative estimate of drug-likeness (QED) is 0.736. The molecule has 18 heavy (non-hydrogen) atoms. The van der Waals surface area contributed by atoms with Crippen LogP contribution in [-0.2, 0) is 4.74 Å². The first-order valence-corrected chi connectivity index (χ1v) is 6.83. The summed E-state index contributed by atoms with van der Waals surface area (Å²) in [6.07, 6.45) is 3.21. The summed E-state index contributed by atoms with van der Waals surface area (Å²) in [5.41, 5.74) is 3.67. The highest BCUT2D eigenvalue weighted by atomic mass is 16.5. The van der Waals surface area contributed by atoms with Crippen LogP contribution in [0.5, 0.6) is 0 Å². The van der Waals surface area contributed by atoms with E-state index in [2.05, 4.69) is 45.0 Å². The third-order valence-electron chi connectivity index (χ3n) is 4.44. The first-order valence-electron chi connectivity index (χ1n) is 6.83. The number of ether oxygens (including phenoxy) is 1. The Morgan fingerprint density at radius 2 is 2.00 bits per heavy atom. The van der Waals surface area contributed by atoms with Crippen molar-refractivity contribution in [1.29, 1.82) is 0 Å². The predicted molar refractivity (Wildman–Crippen MR) is 74.0 cm³/mol. The normalized spacial score (nSPS) is 29.8. The molecule has 0 radical (unpaired) electrons. The van der Waals surface area contributed by atoms with Crippen LogP contribution in [-0.4, -0.2) is 18.0 Å². The van der Waals surface area contributed by atoms with Crippen molar-refractivity contribution in [1.82, 2.24) is 0 Å². The third-order valence-corrected chi connectivity index (χ3v) is 4.44. The van der Waals surface area contributed by atoms with Crippen LogP contribution in [0, 0.1) is 12.3 Å². The van der Waals surface area contributed by atoms with Crippen LogP contribution in [0.25, 0.3) is 0 Å². The van der Waals surface area contributed by atoms with E-state index in [0.29, 0.717) is 0 Å². The summed E-state index contributed by atoms with van der Waals surface area (Å²) in [5.74, 6) is 0. The molecule has 0 amide bonds. The Hall–Kier alpha value is -1.15. The summed E-state index contributed by atoms with van der Waals surface area (Å²) in [6.45, 7) is 7.58. The number of hydrogen-bond donors (Lipinski definition) is 0. The first kappa shape index (κ1) is 11.9. The van der Waals surface area contributed by atoms with E-state index in [9.17, 15) is 0 Å². The van der Waals surface area contributed by atoms with Gasteiger partial charge in [-0.15, -0.1) is 0 Å². The van der Waals surface area contributed by atoms with E-state index in [-0.39, 0.29) is 11.1 Å². The lowest BCUT2D eigenvalue weighted by atomic mass is 9.78. The van der Waals surface area contributed by atoms with E-state index in [4.69, 9.17) is 9.73 Å². The van der Waals surface area contributed by atoms with Crippen LogP contribution in [0.4, 0.5) is 0 Å². The van der Waals surface area contributed by atoms with Gasteiger partial charge in [0.05, 0.1) is 0 Å². The first-order chi connectivity index (χ1) is 8.54. The molecule has 3 rings (SSSR count). The van der Waals surface area contributed by atoms with Gasteiger partial charge in [0.25, 0.3) is 0 Å². The van der Waals surface area contributed by atoms with E-state index >= 15 is 0 Å². The van der Waals surface area contributed by atoms with Gasteiger partial charge in [0.15, 0.2) is 5.72 Å². The van der Waals surface area contributed by atoms with Crippen molar-refractivity contribution in [2.75, 3.05) is 6.61 Å². The largest absolute Gasteiger partial charge is 0.353 e. The lowest BCUT2D eigenvalue weighted by Gasteiger charge is -2.34. The minimum absolute atomic E-state index is 0.112. The fourth-order valence-corrected chi connectivity index (χ4v) is 3.26. The van der Waals surface area contributed by atoms with Crippen molar-refractivity contribution in [2.45, 2.75) is 45.8 Å². The molecule has 0 N–H and O–H groups in total. The number of hydrogen-bond acceptors (Lipinski definition) is 2. The summed E-state index contributed by atoms with van der Waals surface area (Å²) in [7, 11) is 0. The van der Waals surface area contributed by atoms with Crippen molar-refractivity contribution in [3.63, 3.8) is 0 Å². The number of nitrogens with zero attached hydrogens (tertiary/aromatic N) is 1. The Kier molecular flexibility index (Phi) is 2.60. The highest BCUT2D eigenvalue weighted by Crippen LogP contribution is 2.50. The Labute approximate surface area is 109 Å². The smallest absolute Gasteiger partial charge is 0.164 e. The van der Waals surface area contributed by atoms with Crippen LogP contribution in [0.15, 0.2) is 29.3 Å². The van der Waals surface area contributed by atoms with Gasteiger partial charge >= 0.3 is 0 Å². The molecule has 1 fully saturated rings. The molecule has 2 aliphatic heterocycles. The molecule has 0 saturated carbocycles. The van der Waals surface area contributed by atoms with E-state index in [1.54, 1.807) is 0 Å². The molecule has 1 atom stereocenters. The molecule has 1 aromatic carbocycles. The Balaban J connectivity index is 2.03. The molecule has 1 aromatic rings. The third kappa shape index (κ3) is 1.63. The minimum atomic E-state index is -0.259. The lowest BCUT2D eigenvalue weighted by Crippen LogP contribution is -2.38. The summed E-state index contributed by atoms with van der Waals surface area (Å²) in [6, 6.07) is 8.52. The second kappa shape index (κ2) is 3.92. The molecule has 0 aromatic heterocycles. The summed E-state index contributed by atoms with van der Waals surface area (Å²) in [4.78, 5) is 5.00. The maximum Gasteiger partial charge on any atom is 0.164 e. The molecule has 1 spiro atoms. The van der Waals surface area contributed by atoms with Crippen molar-refractivity contribution in [3.05, 3.63) is 35.4 Å². The van der Waals surface area contributed by atoms with Gasteiger partial charge in [0.2, 0.25) is 0 Å². The zero-order valence-electron chi connectivity index (χ0n) is 11.5. The van der Waals surface area contributed by atoms with Crippen molar-refractivity contribution in [3.8, 4) is 0 Å². The fraction of sp³-hybridized carbons (Fsp3) is 0.562. The van der Waals surface area contributed by atoms with Crippen LogP contribution in [0.2, 0.25) is 0 Å². The molecule has 0 bridgehead atoms. The van der Waals surface area contributed by atoms with Crippen molar-refractivity contribution >= 4 is 5.71 Å². The Bertz CT molecular complexity index is 496. The molecule has 96 valence electrons. The fourth-order valence-electron chi connectivity index (χ4n) is 3.26. The summed E-state index contributed by atoms with van der Waals surface area (Å²) < 4.78 is 6.02. The van der Waals surface area contributed by atoms with Gasteiger partial charge in [0, 0.05) is 17.7 Å². The number of aryl methyl sites for hydroxylation is 1. The second-order valence-electron chi connectivity index (χ2n) is 6.17. The van der Waals surface area contributed by atoms with Gasteiger partial charge in [-0.3, -0.25) is 4.99 Å². The predicted octanol–water partition coefficient (Wildman–Crippen LogP) is 3.72. The highest BCUT2D eigenvalue weighted by molar-refractivity contribution is 6.03. The monoisotopic (exact) mass is 243 g/mol. The molecule has 2 aliphatic rings. The number of aliphatic imine (C=N–C) groups is 1. The standard InChI is InChI=1S/C16H21NO/c1-12-7-4-5-8-13(12)14-11-15(2,3)16(17-14)9-6-10-18-16/h4-5,7-8H,6,9-11H2,1-3H3. The average molecular weight is 243 g/mol. The van der Waals surface area contributed by atoms with Crippen molar-refractivity contribution in [2.24, 2.45) is 10.4 Å². The van der Waals surface area contributed by atoms with Crippen LogP contribution < -0.4 is 0 Å². The van der Waals surface area contributed by atoms with Gasteiger partial charge in [-0.2, -0.15) is 0 Å². The maximum atomic E-state index is 6.02. The topological polar surface area (TPSA) is 21.6 Å². The Morgan fingerprint density at radius 3 is 2.67 bits per heavy atom. The van der Waals surface area contributed by atoms with Crippen LogP contribution >= 0.6 is 0 Å². The van der Waals surface area contributed by atoms with Gasteiger partial charge in [-0.25, -0.2) is 0 Å².